The number of aromatic nitrogens is 1. The molecule has 0 aromatic carbocycles. The van der Waals surface area contributed by atoms with Gasteiger partial charge in [0, 0.05) is 12.6 Å². The first-order chi connectivity index (χ1) is 9.54. The number of likely N-dealkylation sites (tertiary alicyclic amines) is 1. The number of nitrogens with one attached hydrogen (secondary N) is 1. The summed E-state index contributed by atoms with van der Waals surface area (Å²) < 4.78 is 4.70. The van der Waals surface area contributed by atoms with Crippen molar-refractivity contribution in [1.29, 1.82) is 0 Å². The predicted octanol–water partition coefficient (Wildman–Crippen LogP) is 1.09. The molecule has 8 heteroatoms. The number of H-pyrrole nitrogens is 1. The Hall–Kier alpha value is -2.38. The second kappa shape index (κ2) is 5.72. The summed E-state index contributed by atoms with van der Waals surface area (Å²) in [7, 11) is 1.28. The summed E-state index contributed by atoms with van der Waals surface area (Å²) in [6, 6.07) is 1.96. The molecule has 1 aliphatic heterocycles. The van der Waals surface area contributed by atoms with Gasteiger partial charge < -0.3 is 19.8 Å². The maximum absolute atomic E-state index is 12.3. The van der Waals surface area contributed by atoms with Crippen LogP contribution in [0.1, 0.15) is 29.8 Å². The van der Waals surface area contributed by atoms with Crippen LogP contribution >= 0.6 is 0 Å². The van der Waals surface area contributed by atoms with E-state index in [0.29, 0.717) is 13.0 Å². The van der Waals surface area contributed by atoms with Gasteiger partial charge in [0.15, 0.2) is 5.69 Å². The van der Waals surface area contributed by atoms with Gasteiger partial charge in [-0.15, -0.1) is 0 Å². The molecule has 1 saturated heterocycles. The summed E-state index contributed by atoms with van der Waals surface area (Å²) in [5.41, 5.74) is 0.104. The Morgan fingerprint density at radius 2 is 2.20 bits per heavy atom. The molecule has 0 spiro atoms. The quantitative estimate of drug-likeness (QED) is 0.507. The van der Waals surface area contributed by atoms with E-state index in [1.165, 1.54) is 24.1 Å². The molecule has 1 aliphatic rings. The highest BCUT2D eigenvalue weighted by molar-refractivity contribution is 5.95. The van der Waals surface area contributed by atoms with E-state index < -0.39 is 22.8 Å². The van der Waals surface area contributed by atoms with E-state index in [9.17, 15) is 19.7 Å². The highest BCUT2D eigenvalue weighted by Crippen LogP contribution is 2.21. The average molecular weight is 281 g/mol. The topological polar surface area (TPSA) is 106 Å². The molecule has 8 nitrogen and oxygen atoms in total. The van der Waals surface area contributed by atoms with Crippen molar-refractivity contribution in [2.75, 3.05) is 13.7 Å². The Morgan fingerprint density at radius 3 is 2.80 bits per heavy atom. The number of ether oxygens (including phenoxy) is 1. The third kappa shape index (κ3) is 2.63. The lowest BCUT2D eigenvalue weighted by Gasteiger charge is -2.32. The summed E-state index contributed by atoms with van der Waals surface area (Å²) in [5.74, 6) is -1.13. The van der Waals surface area contributed by atoms with Gasteiger partial charge in [-0.05, 0) is 30.3 Å². The van der Waals surface area contributed by atoms with Crippen molar-refractivity contribution in [3.05, 3.63) is 27.9 Å². The zero-order chi connectivity index (χ0) is 14.7. The molecule has 0 saturated carbocycles. The summed E-state index contributed by atoms with van der Waals surface area (Å²) >= 11 is 0. The molecule has 108 valence electrons. The molecule has 2 heterocycles. The van der Waals surface area contributed by atoms with E-state index in [-0.39, 0.29) is 11.5 Å². The van der Waals surface area contributed by atoms with Crippen LogP contribution in [0.4, 0.5) is 5.82 Å². The first-order valence-electron chi connectivity index (χ1n) is 6.27. The second-order valence-electron chi connectivity index (χ2n) is 4.55. The summed E-state index contributed by atoms with van der Waals surface area (Å²) in [4.78, 5) is 37.9. The number of aromatic amines is 1. The number of hydrogen-bond acceptors (Lipinski definition) is 5. The summed E-state index contributed by atoms with van der Waals surface area (Å²) in [6.45, 7) is 0.436. The van der Waals surface area contributed by atoms with Crippen LogP contribution < -0.4 is 0 Å². The van der Waals surface area contributed by atoms with Gasteiger partial charge in [0.1, 0.15) is 6.04 Å². The Kier molecular flexibility index (Phi) is 4.02. The molecule has 0 bridgehead atoms. The predicted molar refractivity (Wildman–Crippen MR) is 68.1 cm³/mol. The third-order valence-corrected chi connectivity index (χ3v) is 3.33. The molecular weight excluding hydrogens is 266 g/mol. The number of methoxy groups -OCH3 is 1. The number of piperidine rings is 1. The SMILES string of the molecule is COC(=O)C1CCCCN1C(=O)c1ccc([N+](=O)[O-])[nH]1. The lowest BCUT2D eigenvalue weighted by Crippen LogP contribution is -2.48. The number of rotatable bonds is 3. The maximum Gasteiger partial charge on any atom is 0.328 e. The van der Waals surface area contributed by atoms with Gasteiger partial charge >= 0.3 is 11.8 Å². The van der Waals surface area contributed by atoms with Gasteiger partial charge in [-0.1, -0.05) is 0 Å². The second-order valence-corrected chi connectivity index (χ2v) is 4.55. The molecule has 1 aromatic heterocycles. The van der Waals surface area contributed by atoms with Gasteiger partial charge in [-0.3, -0.25) is 4.79 Å². The minimum absolute atomic E-state index is 0.104. The molecule has 20 heavy (non-hydrogen) atoms. The van der Waals surface area contributed by atoms with Crippen molar-refractivity contribution in [2.45, 2.75) is 25.3 Å². The van der Waals surface area contributed by atoms with Crippen LogP contribution in [0.25, 0.3) is 0 Å². The smallest absolute Gasteiger partial charge is 0.328 e. The fourth-order valence-corrected chi connectivity index (χ4v) is 2.33. The number of carbonyl (C=O) groups excluding carboxylic acids is 2. The van der Waals surface area contributed by atoms with Crippen molar-refractivity contribution in [3.8, 4) is 0 Å². The number of nitro groups is 1. The van der Waals surface area contributed by atoms with E-state index in [1.54, 1.807) is 0 Å². The molecule has 0 aliphatic carbocycles. The molecular formula is C12H15N3O5. The molecule has 1 aromatic rings. The fourth-order valence-electron chi connectivity index (χ4n) is 2.33. The number of esters is 1. The Balaban J connectivity index is 2.20. The number of hydrogen-bond donors (Lipinski definition) is 1. The van der Waals surface area contributed by atoms with Gasteiger partial charge in [0.25, 0.3) is 5.91 Å². The fraction of sp³-hybridized carbons (Fsp3) is 0.500. The Bertz CT molecular complexity index is 539. The van der Waals surface area contributed by atoms with Gasteiger partial charge in [0.2, 0.25) is 0 Å². The van der Waals surface area contributed by atoms with Gasteiger partial charge in [-0.2, -0.15) is 0 Å². The highest BCUT2D eigenvalue weighted by atomic mass is 16.6. The highest BCUT2D eigenvalue weighted by Gasteiger charge is 2.35. The van der Waals surface area contributed by atoms with Crippen LogP contribution in [0.3, 0.4) is 0 Å². The van der Waals surface area contributed by atoms with E-state index in [1.807, 2.05) is 0 Å². The largest absolute Gasteiger partial charge is 0.467 e. The molecule has 0 radical (unpaired) electrons. The van der Waals surface area contributed by atoms with Gasteiger partial charge in [0.05, 0.1) is 7.11 Å². The molecule has 2 rings (SSSR count). The van der Waals surface area contributed by atoms with Crippen molar-refractivity contribution >= 4 is 17.7 Å². The van der Waals surface area contributed by atoms with Crippen LogP contribution in [-0.2, 0) is 9.53 Å². The summed E-state index contributed by atoms with van der Waals surface area (Å²) in [6.07, 6.45) is 2.18. The zero-order valence-electron chi connectivity index (χ0n) is 11.0. The van der Waals surface area contributed by atoms with E-state index in [0.717, 1.165) is 12.8 Å². The minimum atomic E-state index is -0.622. The Labute approximate surface area is 114 Å². The van der Waals surface area contributed by atoms with Crippen molar-refractivity contribution in [3.63, 3.8) is 0 Å². The maximum atomic E-state index is 12.3. The zero-order valence-corrected chi connectivity index (χ0v) is 11.0. The number of amides is 1. The van der Waals surface area contributed by atoms with Crippen LogP contribution in [-0.4, -0.2) is 46.4 Å². The standard InChI is InChI=1S/C12H15N3O5/c1-20-12(17)9-4-2-3-7-14(9)11(16)8-5-6-10(13-8)15(18)19/h5-6,9,13H,2-4,7H2,1H3. The molecule has 1 N–H and O–H groups in total. The normalized spacial score (nSPS) is 18.6. The van der Waals surface area contributed by atoms with Crippen molar-refractivity contribution < 1.29 is 19.2 Å². The van der Waals surface area contributed by atoms with Crippen LogP contribution in [0.5, 0.6) is 0 Å². The molecule has 1 fully saturated rings. The summed E-state index contributed by atoms with van der Waals surface area (Å²) in [5, 5.41) is 10.6. The van der Waals surface area contributed by atoms with Crippen molar-refractivity contribution in [2.24, 2.45) is 0 Å². The molecule has 1 atom stereocenters. The Morgan fingerprint density at radius 1 is 1.45 bits per heavy atom. The van der Waals surface area contributed by atoms with Crippen LogP contribution in [0.2, 0.25) is 0 Å². The first kappa shape index (κ1) is 14.0. The monoisotopic (exact) mass is 281 g/mol. The third-order valence-electron chi connectivity index (χ3n) is 3.33. The molecule has 1 amide bonds. The van der Waals surface area contributed by atoms with Crippen molar-refractivity contribution in [1.82, 2.24) is 9.88 Å². The first-order valence-corrected chi connectivity index (χ1v) is 6.27. The van der Waals surface area contributed by atoms with E-state index in [2.05, 4.69) is 4.98 Å². The van der Waals surface area contributed by atoms with E-state index in [4.69, 9.17) is 4.74 Å². The van der Waals surface area contributed by atoms with E-state index >= 15 is 0 Å². The molecule has 1 unspecified atom stereocenters. The average Bonchev–Trinajstić information content (AvgIpc) is 2.95. The number of nitrogens with zero attached hydrogens (tertiary/aromatic N) is 2. The lowest BCUT2D eigenvalue weighted by atomic mass is 10.0. The lowest BCUT2D eigenvalue weighted by molar-refractivity contribution is -0.389. The minimum Gasteiger partial charge on any atom is -0.467 e. The number of carbonyl (C=O) groups is 2. The van der Waals surface area contributed by atoms with Crippen LogP contribution in [0, 0.1) is 10.1 Å². The van der Waals surface area contributed by atoms with Gasteiger partial charge in [-0.25, -0.2) is 9.78 Å². The van der Waals surface area contributed by atoms with Crippen LogP contribution in [0.15, 0.2) is 12.1 Å².